The van der Waals surface area contributed by atoms with Crippen LogP contribution in [0.5, 0.6) is 0 Å². The monoisotopic (exact) mass is 209 g/mol. The van der Waals surface area contributed by atoms with E-state index in [0.717, 1.165) is 24.5 Å². The minimum Gasteiger partial charge on any atom is -0.481 e. The Hall–Kier alpha value is -1.39. The van der Waals surface area contributed by atoms with Crippen LogP contribution in [0, 0.1) is 0 Å². The van der Waals surface area contributed by atoms with Crippen LogP contribution in [0.15, 0.2) is 0 Å². The summed E-state index contributed by atoms with van der Waals surface area (Å²) in [6.45, 7) is 0. The number of aromatic amines is 1. The highest BCUT2D eigenvalue weighted by molar-refractivity contribution is 5.66. The fourth-order valence-corrected chi connectivity index (χ4v) is 1.51. The number of nitrogens with one attached hydrogen (secondary N) is 1. The second kappa shape index (κ2) is 4.42. The van der Waals surface area contributed by atoms with Gasteiger partial charge in [0.2, 0.25) is 0 Å². The Morgan fingerprint density at radius 2 is 2.27 bits per heavy atom. The normalized spacial score (nSPS) is 15.5. The smallest absolute Gasteiger partial charge is 0.303 e. The second-order valence-electron chi connectivity index (χ2n) is 4.02. The molecule has 1 aliphatic rings. The first-order chi connectivity index (χ1) is 7.25. The van der Waals surface area contributed by atoms with Gasteiger partial charge in [-0.05, 0) is 25.7 Å². The first kappa shape index (κ1) is 10.1. The van der Waals surface area contributed by atoms with Crippen LogP contribution in [-0.4, -0.2) is 26.3 Å². The number of carboxylic acid groups (broad SMARTS) is 1. The lowest BCUT2D eigenvalue weighted by Gasteiger charge is -1.94. The highest BCUT2D eigenvalue weighted by Crippen LogP contribution is 2.37. The van der Waals surface area contributed by atoms with E-state index in [2.05, 4.69) is 15.2 Å². The largest absolute Gasteiger partial charge is 0.481 e. The van der Waals surface area contributed by atoms with Crippen LogP contribution in [0.1, 0.15) is 49.7 Å². The van der Waals surface area contributed by atoms with Gasteiger partial charge in [-0.3, -0.25) is 9.89 Å². The number of rotatable bonds is 6. The molecule has 1 heterocycles. The molecule has 1 aliphatic carbocycles. The van der Waals surface area contributed by atoms with Gasteiger partial charge in [-0.1, -0.05) is 0 Å². The summed E-state index contributed by atoms with van der Waals surface area (Å²) < 4.78 is 0. The quantitative estimate of drug-likeness (QED) is 0.695. The molecule has 1 aromatic rings. The third-order valence-electron chi connectivity index (χ3n) is 2.55. The van der Waals surface area contributed by atoms with Crippen LogP contribution in [0.4, 0.5) is 0 Å². The number of aromatic nitrogens is 3. The molecular formula is C10H15N3O2. The van der Waals surface area contributed by atoms with E-state index in [9.17, 15) is 4.79 Å². The third kappa shape index (κ3) is 3.04. The number of hydrogen-bond acceptors (Lipinski definition) is 3. The van der Waals surface area contributed by atoms with Crippen molar-refractivity contribution in [3.8, 4) is 0 Å². The van der Waals surface area contributed by atoms with Gasteiger partial charge >= 0.3 is 5.97 Å². The molecule has 0 unspecified atom stereocenters. The SMILES string of the molecule is O=C(O)CCCCc1nc(C2CC2)n[nH]1. The number of H-pyrrole nitrogens is 1. The Bertz CT molecular complexity index is 344. The highest BCUT2D eigenvalue weighted by Gasteiger charge is 2.27. The van der Waals surface area contributed by atoms with E-state index in [1.807, 2.05) is 0 Å². The van der Waals surface area contributed by atoms with Crippen LogP contribution in [-0.2, 0) is 11.2 Å². The summed E-state index contributed by atoms with van der Waals surface area (Å²) in [7, 11) is 0. The van der Waals surface area contributed by atoms with Gasteiger partial charge < -0.3 is 5.11 Å². The molecule has 0 atom stereocenters. The van der Waals surface area contributed by atoms with E-state index >= 15 is 0 Å². The van der Waals surface area contributed by atoms with Crippen molar-refractivity contribution in [2.24, 2.45) is 0 Å². The first-order valence-corrected chi connectivity index (χ1v) is 5.38. The number of aryl methyl sites for hydroxylation is 1. The van der Waals surface area contributed by atoms with E-state index in [-0.39, 0.29) is 6.42 Å². The average molecular weight is 209 g/mol. The maximum absolute atomic E-state index is 10.3. The van der Waals surface area contributed by atoms with Crippen molar-refractivity contribution in [2.75, 3.05) is 0 Å². The fourth-order valence-electron chi connectivity index (χ4n) is 1.51. The third-order valence-corrected chi connectivity index (χ3v) is 2.55. The maximum Gasteiger partial charge on any atom is 0.303 e. The number of hydrogen-bond donors (Lipinski definition) is 2. The molecule has 0 spiro atoms. The van der Waals surface area contributed by atoms with Crippen molar-refractivity contribution in [2.45, 2.75) is 44.4 Å². The zero-order valence-electron chi connectivity index (χ0n) is 8.57. The number of aliphatic carboxylic acids is 1. The average Bonchev–Trinajstić information content (AvgIpc) is 2.94. The van der Waals surface area contributed by atoms with Gasteiger partial charge in [0.25, 0.3) is 0 Å². The van der Waals surface area contributed by atoms with Crippen molar-refractivity contribution in [3.05, 3.63) is 11.6 Å². The minimum absolute atomic E-state index is 0.240. The molecule has 5 heteroatoms. The molecule has 2 N–H and O–H groups in total. The van der Waals surface area contributed by atoms with E-state index < -0.39 is 5.97 Å². The molecular weight excluding hydrogens is 194 g/mol. The van der Waals surface area contributed by atoms with Gasteiger partial charge in [-0.2, -0.15) is 5.10 Å². The number of unbranched alkanes of at least 4 members (excludes halogenated alkanes) is 1. The zero-order valence-corrected chi connectivity index (χ0v) is 8.57. The molecule has 1 fully saturated rings. The predicted molar refractivity (Wildman–Crippen MR) is 53.5 cm³/mol. The Labute approximate surface area is 87.9 Å². The van der Waals surface area contributed by atoms with Crippen LogP contribution in [0.2, 0.25) is 0 Å². The standard InChI is InChI=1S/C10H15N3O2/c14-9(15)4-2-1-3-8-11-10(13-12-8)7-5-6-7/h7H,1-6H2,(H,14,15)(H,11,12,13). The van der Waals surface area contributed by atoms with Crippen molar-refractivity contribution >= 4 is 5.97 Å². The molecule has 0 saturated heterocycles. The topological polar surface area (TPSA) is 78.9 Å². The molecule has 82 valence electrons. The molecule has 15 heavy (non-hydrogen) atoms. The number of nitrogens with zero attached hydrogens (tertiary/aromatic N) is 2. The number of carbonyl (C=O) groups is 1. The second-order valence-corrected chi connectivity index (χ2v) is 4.02. The van der Waals surface area contributed by atoms with Crippen LogP contribution in [0.25, 0.3) is 0 Å². The molecule has 0 aromatic carbocycles. The van der Waals surface area contributed by atoms with Crippen molar-refractivity contribution in [1.82, 2.24) is 15.2 Å². The predicted octanol–water partition coefficient (Wildman–Crippen LogP) is 1.48. The van der Waals surface area contributed by atoms with Gasteiger partial charge in [-0.25, -0.2) is 4.98 Å². The van der Waals surface area contributed by atoms with Crippen molar-refractivity contribution in [3.63, 3.8) is 0 Å². The van der Waals surface area contributed by atoms with Crippen LogP contribution < -0.4 is 0 Å². The first-order valence-electron chi connectivity index (χ1n) is 5.38. The molecule has 2 rings (SSSR count). The lowest BCUT2D eigenvalue weighted by Crippen LogP contribution is -1.95. The summed E-state index contributed by atoms with van der Waals surface area (Å²) >= 11 is 0. The van der Waals surface area contributed by atoms with Gasteiger partial charge in [0, 0.05) is 18.8 Å². The van der Waals surface area contributed by atoms with Gasteiger partial charge in [0.05, 0.1) is 0 Å². The van der Waals surface area contributed by atoms with E-state index in [1.54, 1.807) is 0 Å². The molecule has 5 nitrogen and oxygen atoms in total. The van der Waals surface area contributed by atoms with Crippen molar-refractivity contribution < 1.29 is 9.90 Å². The van der Waals surface area contributed by atoms with Gasteiger partial charge in [-0.15, -0.1) is 0 Å². The van der Waals surface area contributed by atoms with E-state index in [0.29, 0.717) is 12.3 Å². The van der Waals surface area contributed by atoms with E-state index in [1.165, 1.54) is 12.8 Å². The summed E-state index contributed by atoms with van der Waals surface area (Å²) in [6.07, 6.45) is 5.00. The molecule has 0 bridgehead atoms. The van der Waals surface area contributed by atoms with Crippen molar-refractivity contribution in [1.29, 1.82) is 0 Å². The molecule has 1 saturated carbocycles. The summed E-state index contributed by atoms with van der Waals surface area (Å²) in [4.78, 5) is 14.7. The maximum atomic E-state index is 10.3. The Morgan fingerprint density at radius 3 is 2.93 bits per heavy atom. The molecule has 0 aliphatic heterocycles. The lowest BCUT2D eigenvalue weighted by atomic mass is 10.2. The Morgan fingerprint density at radius 1 is 1.47 bits per heavy atom. The molecule has 1 aromatic heterocycles. The molecule has 0 radical (unpaired) electrons. The number of carboxylic acids is 1. The lowest BCUT2D eigenvalue weighted by molar-refractivity contribution is -0.137. The van der Waals surface area contributed by atoms with Gasteiger partial charge in [0.15, 0.2) is 5.82 Å². The molecule has 0 amide bonds. The minimum atomic E-state index is -0.730. The summed E-state index contributed by atoms with van der Waals surface area (Å²) in [5.74, 6) is 1.67. The van der Waals surface area contributed by atoms with Gasteiger partial charge in [0.1, 0.15) is 5.82 Å². The highest BCUT2D eigenvalue weighted by atomic mass is 16.4. The summed E-state index contributed by atoms with van der Waals surface area (Å²) in [5, 5.41) is 15.5. The van der Waals surface area contributed by atoms with E-state index in [4.69, 9.17) is 5.11 Å². The Kier molecular flexibility index (Phi) is 2.99. The van der Waals surface area contributed by atoms with Crippen LogP contribution in [0.3, 0.4) is 0 Å². The fraction of sp³-hybridized carbons (Fsp3) is 0.700. The summed E-state index contributed by atoms with van der Waals surface area (Å²) in [6, 6.07) is 0. The van der Waals surface area contributed by atoms with Crippen LogP contribution >= 0.6 is 0 Å². The summed E-state index contributed by atoms with van der Waals surface area (Å²) in [5.41, 5.74) is 0. The zero-order chi connectivity index (χ0) is 10.7. The Balaban J connectivity index is 1.71.